The molecule has 1 N–H and O–H groups in total. The number of hydrogen-bond donors (Lipinski definition) is 1. The zero-order valence-electron chi connectivity index (χ0n) is 12.1. The van der Waals surface area contributed by atoms with Crippen LogP contribution in [0.4, 0.5) is 0 Å². The summed E-state index contributed by atoms with van der Waals surface area (Å²) in [6, 6.07) is 0. The summed E-state index contributed by atoms with van der Waals surface area (Å²) in [7, 11) is 0. The summed E-state index contributed by atoms with van der Waals surface area (Å²) < 4.78 is 0. The maximum absolute atomic E-state index is 12.5. The number of ketones is 1. The molecule has 0 heterocycles. The smallest absolute Gasteiger partial charge is 0.227 e. The predicted octanol–water partition coefficient (Wildman–Crippen LogP) is 2.69. The van der Waals surface area contributed by atoms with E-state index in [1.165, 1.54) is 0 Å². The average Bonchev–Trinajstić information content (AvgIpc) is 2.59. The second-order valence-corrected chi connectivity index (χ2v) is 6.75. The Balaban J connectivity index is 2.22. The van der Waals surface area contributed by atoms with E-state index >= 15 is 0 Å². The summed E-state index contributed by atoms with van der Waals surface area (Å²) in [6.07, 6.45) is 4.25. The molecule has 102 valence electrons. The van der Waals surface area contributed by atoms with Gasteiger partial charge in [-0.15, -0.1) is 0 Å². The number of hydrogen-bond acceptors (Lipinski definition) is 2. The van der Waals surface area contributed by atoms with Crippen LogP contribution in [0.15, 0.2) is 0 Å². The molecule has 0 spiro atoms. The molecule has 2 atom stereocenters. The van der Waals surface area contributed by atoms with Gasteiger partial charge in [0.2, 0.25) is 5.91 Å². The minimum absolute atomic E-state index is 0.107. The van der Waals surface area contributed by atoms with Gasteiger partial charge in [0, 0.05) is 18.4 Å². The van der Waals surface area contributed by atoms with Crippen LogP contribution in [-0.2, 0) is 9.59 Å². The molecule has 0 aromatic heterocycles. The molecule has 1 amide bonds. The number of unbranched alkanes of at least 4 members (excludes halogenated alkanes) is 1. The SMILES string of the molecule is CCCCNC(=O)C12CCC(C)(C(=O)C1)C2(C)C. The number of carbonyl (C=O) groups excluding carboxylic acids is 2. The van der Waals surface area contributed by atoms with Crippen LogP contribution in [-0.4, -0.2) is 18.2 Å². The molecule has 2 aliphatic rings. The predicted molar refractivity (Wildman–Crippen MR) is 71.1 cm³/mol. The van der Waals surface area contributed by atoms with Crippen LogP contribution in [0, 0.1) is 16.2 Å². The number of Topliss-reactive ketones (excluding diaryl/α,β-unsaturated/α-hetero) is 1. The van der Waals surface area contributed by atoms with Gasteiger partial charge in [-0.05, 0) is 24.7 Å². The monoisotopic (exact) mass is 251 g/mol. The summed E-state index contributed by atoms with van der Waals surface area (Å²) in [6.45, 7) is 9.09. The van der Waals surface area contributed by atoms with Gasteiger partial charge in [0.1, 0.15) is 5.78 Å². The first-order chi connectivity index (χ1) is 8.32. The van der Waals surface area contributed by atoms with E-state index < -0.39 is 5.41 Å². The van der Waals surface area contributed by atoms with Crippen molar-refractivity contribution >= 4 is 11.7 Å². The van der Waals surface area contributed by atoms with E-state index in [0.717, 1.165) is 32.2 Å². The van der Waals surface area contributed by atoms with Crippen LogP contribution in [0.3, 0.4) is 0 Å². The molecule has 0 aromatic rings. The number of carbonyl (C=O) groups is 2. The third-order valence-electron chi connectivity index (χ3n) is 5.96. The third kappa shape index (κ3) is 1.42. The summed E-state index contributed by atoms with van der Waals surface area (Å²) in [5.41, 5.74) is -0.963. The highest BCUT2D eigenvalue weighted by Crippen LogP contribution is 2.70. The van der Waals surface area contributed by atoms with E-state index in [-0.39, 0.29) is 22.5 Å². The van der Waals surface area contributed by atoms with Crippen LogP contribution >= 0.6 is 0 Å². The molecule has 18 heavy (non-hydrogen) atoms. The van der Waals surface area contributed by atoms with Gasteiger partial charge in [0.05, 0.1) is 5.41 Å². The lowest BCUT2D eigenvalue weighted by Crippen LogP contribution is -2.46. The zero-order chi connectivity index (χ0) is 13.6. The molecule has 0 aliphatic heterocycles. The summed E-state index contributed by atoms with van der Waals surface area (Å²) in [4.78, 5) is 24.8. The minimum atomic E-state index is -0.452. The molecule has 3 heteroatoms. The van der Waals surface area contributed by atoms with E-state index in [9.17, 15) is 9.59 Å². The third-order valence-corrected chi connectivity index (χ3v) is 5.96. The lowest BCUT2D eigenvalue weighted by atomic mass is 9.64. The molecule has 2 saturated carbocycles. The molecule has 2 rings (SSSR count). The molecule has 0 radical (unpaired) electrons. The first-order valence-electron chi connectivity index (χ1n) is 7.13. The second kappa shape index (κ2) is 4.07. The van der Waals surface area contributed by atoms with Crippen LogP contribution < -0.4 is 5.32 Å². The van der Waals surface area contributed by atoms with Crippen LogP contribution in [0.1, 0.15) is 59.8 Å². The lowest BCUT2D eigenvalue weighted by Gasteiger charge is -2.38. The maximum atomic E-state index is 12.5. The van der Waals surface area contributed by atoms with Gasteiger partial charge in [-0.25, -0.2) is 0 Å². The van der Waals surface area contributed by atoms with Crippen molar-refractivity contribution < 1.29 is 9.59 Å². The molecule has 0 saturated heterocycles. The van der Waals surface area contributed by atoms with E-state index in [1.807, 2.05) is 6.92 Å². The largest absolute Gasteiger partial charge is 0.356 e. The summed E-state index contributed by atoms with van der Waals surface area (Å²) in [5.74, 6) is 0.389. The minimum Gasteiger partial charge on any atom is -0.356 e. The summed E-state index contributed by atoms with van der Waals surface area (Å²) in [5, 5.41) is 3.05. The van der Waals surface area contributed by atoms with Gasteiger partial charge in [-0.1, -0.05) is 34.1 Å². The Bertz CT molecular complexity index is 388. The Kier molecular flexibility index (Phi) is 3.07. The van der Waals surface area contributed by atoms with Crippen molar-refractivity contribution in [3.05, 3.63) is 0 Å². The van der Waals surface area contributed by atoms with Crippen LogP contribution in [0.2, 0.25) is 0 Å². The topological polar surface area (TPSA) is 46.2 Å². The van der Waals surface area contributed by atoms with Gasteiger partial charge in [-0.3, -0.25) is 9.59 Å². The van der Waals surface area contributed by atoms with Crippen molar-refractivity contribution in [1.82, 2.24) is 5.32 Å². The fourth-order valence-electron chi connectivity index (χ4n) is 3.91. The number of nitrogens with one attached hydrogen (secondary N) is 1. The second-order valence-electron chi connectivity index (χ2n) is 6.75. The lowest BCUT2D eigenvalue weighted by molar-refractivity contribution is -0.136. The Hall–Kier alpha value is -0.860. The number of fused-ring (bicyclic) bond motifs is 2. The maximum Gasteiger partial charge on any atom is 0.227 e. The highest BCUT2D eigenvalue weighted by Gasteiger charge is 2.72. The molecule has 2 fully saturated rings. The fraction of sp³-hybridized carbons (Fsp3) is 0.867. The van der Waals surface area contributed by atoms with Crippen LogP contribution in [0.25, 0.3) is 0 Å². The van der Waals surface area contributed by atoms with Crippen LogP contribution in [0.5, 0.6) is 0 Å². The van der Waals surface area contributed by atoms with E-state index in [4.69, 9.17) is 0 Å². The van der Waals surface area contributed by atoms with Gasteiger partial charge >= 0.3 is 0 Å². The van der Waals surface area contributed by atoms with E-state index in [2.05, 4.69) is 26.1 Å². The Morgan fingerprint density at radius 3 is 2.39 bits per heavy atom. The van der Waals surface area contributed by atoms with Crippen molar-refractivity contribution in [3.63, 3.8) is 0 Å². The molecule has 0 aromatic carbocycles. The van der Waals surface area contributed by atoms with E-state index in [1.54, 1.807) is 0 Å². The number of rotatable bonds is 4. The van der Waals surface area contributed by atoms with Crippen molar-refractivity contribution in [1.29, 1.82) is 0 Å². The molecule has 3 nitrogen and oxygen atoms in total. The van der Waals surface area contributed by atoms with Crippen molar-refractivity contribution in [2.75, 3.05) is 6.54 Å². The molecule has 2 aliphatic carbocycles. The zero-order valence-corrected chi connectivity index (χ0v) is 12.1. The van der Waals surface area contributed by atoms with Gasteiger partial charge < -0.3 is 5.32 Å². The first-order valence-corrected chi connectivity index (χ1v) is 7.13. The van der Waals surface area contributed by atoms with Crippen molar-refractivity contribution in [2.45, 2.75) is 59.8 Å². The Labute approximate surface area is 110 Å². The normalized spacial score (nSPS) is 37.0. The molecule has 2 unspecified atom stereocenters. The fourth-order valence-corrected chi connectivity index (χ4v) is 3.91. The van der Waals surface area contributed by atoms with Gasteiger partial charge in [-0.2, -0.15) is 0 Å². The van der Waals surface area contributed by atoms with E-state index in [0.29, 0.717) is 6.42 Å². The van der Waals surface area contributed by atoms with Crippen molar-refractivity contribution in [2.24, 2.45) is 16.2 Å². The molecular formula is C15H25NO2. The average molecular weight is 251 g/mol. The first kappa shape index (κ1) is 13.6. The standard InChI is InChI=1S/C15H25NO2/c1-5-6-9-16-12(18)15-8-7-14(4,11(17)10-15)13(15,2)3/h5-10H2,1-4H3,(H,16,18). The van der Waals surface area contributed by atoms with Gasteiger partial charge in [0.15, 0.2) is 0 Å². The quantitative estimate of drug-likeness (QED) is 0.781. The molecule has 2 bridgehead atoms. The van der Waals surface area contributed by atoms with Crippen molar-refractivity contribution in [3.8, 4) is 0 Å². The Morgan fingerprint density at radius 1 is 1.28 bits per heavy atom. The Morgan fingerprint density at radius 2 is 1.94 bits per heavy atom. The highest BCUT2D eigenvalue weighted by atomic mass is 16.2. The molecular weight excluding hydrogens is 226 g/mol. The highest BCUT2D eigenvalue weighted by molar-refractivity contribution is 5.99. The summed E-state index contributed by atoms with van der Waals surface area (Å²) >= 11 is 0. The number of amides is 1. The van der Waals surface area contributed by atoms with Gasteiger partial charge in [0.25, 0.3) is 0 Å².